The second-order valence-corrected chi connectivity index (χ2v) is 17.2. The van der Waals surface area contributed by atoms with Gasteiger partial charge in [0.1, 0.15) is 0 Å². The Morgan fingerprint density at radius 1 is 0.449 bits per heavy atom. The summed E-state index contributed by atoms with van der Waals surface area (Å²) in [5.74, 6) is -0.296. The minimum absolute atomic E-state index is 0.296. The van der Waals surface area contributed by atoms with Gasteiger partial charge in [-0.15, -0.1) is 0 Å². The molecule has 3 nitrogen and oxygen atoms in total. The lowest BCUT2D eigenvalue weighted by Crippen LogP contribution is -2.45. The molecule has 1 heterocycles. The number of fused-ring (bicyclic) bond motifs is 1. The van der Waals surface area contributed by atoms with E-state index in [2.05, 4.69) is 59.3 Å². The number of hydrogen-bond donors (Lipinski definition) is 0. The van der Waals surface area contributed by atoms with Crippen LogP contribution in [0.1, 0.15) is 226 Å². The van der Waals surface area contributed by atoms with Gasteiger partial charge in [-0.3, -0.25) is 0 Å². The van der Waals surface area contributed by atoms with E-state index in [4.69, 9.17) is 9.47 Å². The zero-order valence-electron chi connectivity index (χ0n) is 34.1. The van der Waals surface area contributed by atoms with Gasteiger partial charge >= 0.3 is 0 Å². The number of allylic oxidation sites excluding steroid dienone is 4. The quantitative estimate of drug-likeness (QED) is 0.0381. The average molecular weight is 687 g/mol. The molecule has 3 unspecified atom stereocenters. The van der Waals surface area contributed by atoms with E-state index in [1.807, 2.05) is 0 Å². The molecule has 0 amide bonds. The minimum atomic E-state index is -0.296. The maximum atomic E-state index is 6.91. The number of rotatable bonds is 34. The fraction of sp³-hybridized carbons (Fsp3) is 0.913. The Morgan fingerprint density at radius 3 is 1.16 bits per heavy atom. The highest BCUT2D eigenvalue weighted by molar-refractivity contribution is 4.95. The van der Waals surface area contributed by atoms with E-state index < -0.39 is 0 Å². The maximum absolute atomic E-state index is 6.91. The van der Waals surface area contributed by atoms with Crippen molar-refractivity contribution < 1.29 is 14.0 Å². The Morgan fingerprint density at radius 2 is 0.776 bits per heavy atom. The van der Waals surface area contributed by atoms with Crippen LogP contribution in [0.2, 0.25) is 0 Å². The van der Waals surface area contributed by atoms with Crippen molar-refractivity contribution in [3.8, 4) is 0 Å². The molecule has 0 aromatic rings. The molecule has 0 aromatic heterocycles. The summed E-state index contributed by atoms with van der Waals surface area (Å²) in [7, 11) is 7.00. The van der Waals surface area contributed by atoms with E-state index in [-0.39, 0.29) is 5.79 Å². The molecule has 0 spiro atoms. The Balaban J connectivity index is 1.54. The highest BCUT2D eigenvalue weighted by Crippen LogP contribution is 2.45. The van der Waals surface area contributed by atoms with Crippen molar-refractivity contribution >= 4 is 0 Å². The van der Waals surface area contributed by atoms with Crippen LogP contribution in [0, 0.1) is 0 Å². The standard InChI is InChI=1S/C46H88NO2/c1-6-8-10-12-14-16-18-20-22-24-26-28-30-32-34-36-38-40-46(48-44-41-43(47(3,4)5)42-45(44)49-46)39-37-35-33-31-29-27-25-23-21-19-17-15-13-11-9-7-2/h15,17,21,23,43-45H,6-14,16,18-20,22,24-42H2,1-5H3/q+1/b17-15-,23-21-/t43?,44-,45?,46?/m0/s1. The molecular weight excluding hydrogens is 599 g/mol. The van der Waals surface area contributed by atoms with Gasteiger partial charge in [-0.05, 0) is 44.9 Å². The van der Waals surface area contributed by atoms with E-state index >= 15 is 0 Å². The average Bonchev–Trinajstić information content (AvgIpc) is 3.63. The highest BCUT2D eigenvalue weighted by atomic mass is 16.8. The molecule has 0 radical (unpaired) electrons. The number of unbranched alkanes of at least 4 members (excludes halogenated alkanes) is 25. The van der Waals surface area contributed by atoms with Crippen molar-refractivity contribution in [3.05, 3.63) is 24.3 Å². The van der Waals surface area contributed by atoms with E-state index in [0.717, 1.165) is 23.7 Å². The third-order valence-corrected chi connectivity index (χ3v) is 11.7. The largest absolute Gasteiger partial charge is 0.344 e. The van der Waals surface area contributed by atoms with E-state index in [1.54, 1.807) is 0 Å². The normalized spacial score (nSPS) is 22.7. The van der Waals surface area contributed by atoms with Gasteiger partial charge in [-0.25, -0.2) is 0 Å². The lowest BCUT2D eigenvalue weighted by atomic mass is 9.98. The Hall–Kier alpha value is -0.640. The predicted molar refractivity (Wildman–Crippen MR) is 216 cm³/mol. The van der Waals surface area contributed by atoms with Crippen LogP contribution < -0.4 is 0 Å². The molecule has 2 aliphatic rings. The first-order valence-electron chi connectivity index (χ1n) is 22.4. The summed E-state index contributed by atoms with van der Waals surface area (Å²) < 4.78 is 14.8. The van der Waals surface area contributed by atoms with Crippen molar-refractivity contribution in [3.63, 3.8) is 0 Å². The van der Waals surface area contributed by atoms with Gasteiger partial charge in [-0.2, -0.15) is 0 Å². The van der Waals surface area contributed by atoms with Gasteiger partial charge in [0.2, 0.25) is 0 Å². The fourth-order valence-electron chi connectivity index (χ4n) is 8.26. The smallest absolute Gasteiger partial charge is 0.169 e. The fourth-order valence-corrected chi connectivity index (χ4v) is 8.26. The summed E-state index contributed by atoms with van der Waals surface area (Å²) in [6.45, 7) is 4.58. The molecule has 4 atom stereocenters. The number of hydrogen-bond acceptors (Lipinski definition) is 2. The lowest BCUT2D eigenvalue weighted by Gasteiger charge is -2.34. The van der Waals surface area contributed by atoms with Crippen molar-refractivity contribution in [2.75, 3.05) is 21.1 Å². The molecular formula is C46H88NO2+. The van der Waals surface area contributed by atoms with Gasteiger partial charge in [0.25, 0.3) is 0 Å². The molecule has 1 aliphatic carbocycles. The molecule has 0 bridgehead atoms. The van der Waals surface area contributed by atoms with Crippen molar-refractivity contribution in [1.82, 2.24) is 0 Å². The topological polar surface area (TPSA) is 18.5 Å². The second kappa shape index (κ2) is 28.9. The van der Waals surface area contributed by atoms with Crippen LogP contribution in [0.5, 0.6) is 0 Å². The highest BCUT2D eigenvalue weighted by Gasteiger charge is 2.53. The molecule has 2 rings (SSSR count). The maximum Gasteiger partial charge on any atom is 0.169 e. The van der Waals surface area contributed by atoms with Crippen molar-refractivity contribution in [2.45, 2.75) is 250 Å². The second-order valence-electron chi connectivity index (χ2n) is 17.2. The Kier molecular flexibility index (Phi) is 26.2. The first kappa shape index (κ1) is 44.5. The van der Waals surface area contributed by atoms with Crippen LogP contribution in [-0.2, 0) is 9.47 Å². The van der Waals surface area contributed by atoms with Gasteiger partial charge in [0.15, 0.2) is 5.79 Å². The SMILES string of the molecule is CCCCC/C=C\C/C=C\CCCCCCCCC1(CCCCCCCCCCCCCCCCCCC)OC2CC([N+](C)(C)C)C[C@@H]2O1. The van der Waals surface area contributed by atoms with Gasteiger partial charge in [-0.1, -0.05) is 179 Å². The summed E-state index contributed by atoms with van der Waals surface area (Å²) in [4.78, 5) is 0. The monoisotopic (exact) mass is 687 g/mol. The summed E-state index contributed by atoms with van der Waals surface area (Å²) in [5, 5.41) is 0. The van der Waals surface area contributed by atoms with Gasteiger partial charge < -0.3 is 14.0 Å². The molecule has 1 saturated carbocycles. The molecule has 0 aromatic carbocycles. The first-order valence-corrected chi connectivity index (χ1v) is 22.4. The summed E-state index contributed by atoms with van der Waals surface area (Å²) >= 11 is 0. The molecule has 49 heavy (non-hydrogen) atoms. The molecule has 1 saturated heterocycles. The summed E-state index contributed by atoms with van der Waals surface area (Å²) in [6.07, 6.45) is 54.5. The molecule has 2 fully saturated rings. The zero-order valence-corrected chi connectivity index (χ0v) is 34.1. The van der Waals surface area contributed by atoms with Gasteiger partial charge in [0.05, 0.1) is 39.4 Å². The first-order chi connectivity index (χ1) is 23.9. The third-order valence-electron chi connectivity index (χ3n) is 11.7. The van der Waals surface area contributed by atoms with Crippen molar-refractivity contribution in [1.29, 1.82) is 0 Å². The number of ether oxygens (including phenoxy) is 2. The van der Waals surface area contributed by atoms with Gasteiger partial charge in [0, 0.05) is 25.7 Å². The van der Waals surface area contributed by atoms with Crippen LogP contribution in [-0.4, -0.2) is 49.7 Å². The van der Waals surface area contributed by atoms with E-state index in [9.17, 15) is 0 Å². The lowest BCUT2D eigenvalue weighted by molar-refractivity contribution is -0.895. The number of quaternary nitrogens is 1. The minimum Gasteiger partial charge on any atom is -0.344 e. The molecule has 3 heteroatoms. The van der Waals surface area contributed by atoms with Crippen LogP contribution in [0.3, 0.4) is 0 Å². The Bertz CT molecular complexity index is 783. The zero-order chi connectivity index (χ0) is 35.3. The van der Waals surface area contributed by atoms with Crippen LogP contribution in [0.4, 0.5) is 0 Å². The summed E-state index contributed by atoms with van der Waals surface area (Å²) in [6, 6.07) is 0.662. The third kappa shape index (κ3) is 22.1. The van der Waals surface area contributed by atoms with Crippen LogP contribution in [0.15, 0.2) is 24.3 Å². The summed E-state index contributed by atoms with van der Waals surface area (Å²) in [5.41, 5.74) is 0. The van der Waals surface area contributed by atoms with E-state index in [0.29, 0.717) is 18.2 Å². The van der Waals surface area contributed by atoms with E-state index in [1.165, 1.54) is 193 Å². The number of nitrogens with zero attached hydrogens (tertiary/aromatic N) is 1. The molecule has 1 aliphatic heterocycles. The molecule has 0 N–H and O–H groups in total. The van der Waals surface area contributed by atoms with Crippen molar-refractivity contribution in [2.24, 2.45) is 0 Å². The van der Waals surface area contributed by atoms with Crippen LogP contribution in [0.25, 0.3) is 0 Å². The van der Waals surface area contributed by atoms with Crippen LogP contribution >= 0.6 is 0 Å². The predicted octanol–water partition coefficient (Wildman–Crippen LogP) is 14.6. The molecule has 288 valence electrons. The Labute approximate surface area is 308 Å².